The lowest BCUT2D eigenvalue weighted by molar-refractivity contribution is -0.343. The Morgan fingerprint density at radius 3 is 2.25 bits per heavy atom. The highest BCUT2D eigenvalue weighted by molar-refractivity contribution is 5.80. The zero-order valence-corrected chi connectivity index (χ0v) is 29.2. The Kier molecular flexibility index (Phi) is 9.83. The SMILES string of the molecule is CO[C@H]1[C@@H](O)[C@H](O[C@@H]2[C@@H](C)O[C@@H](O[C@H]3CC[C@@]4(C)C(=CC[C@]5(O)[C@@H]4C(O)C(O)[C@]4(C)[C@@H](C(C)=O)CC[C@@]54O)C3)C[C@H]2OC)O[C@H](C)[C@H]1O. The standard InChI is InChI=1S/C35H56O13/c1-16(36)21-10-13-35(42)33(21,5)30(40)26(39)29-32(4)11-9-20(14-19(32)8-12-34(29,35)41)47-23-15-22(43-6)27(18(3)45-23)48-31-25(38)28(44-7)24(37)17(2)46-31/h8,17-18,20-31,37-42H,9-15H2,1-7H3/t17-,18-,20+,21-,22-,23+,24-,25-,26?,27-,28-,29-,30?,31+,32+,33+,34+,35+/m1/s1. The Morgan fingerprint density at radius 2 is 1.60 bits per heavy atom. The largest absolute Gasteiger partial charge is 0.390 e. The first-order valence-electron chi connectivity index (χ1n) is 17.5. The second-order valence-corrected chi connectivity index (χ2v) is 15.8. The minimum atomic E-state index is -1.75. The average molecular weight is 685 g/mol. The maximum absolute atomic E-state index is 12.6. The molecule has 18 atom stereocenters. The van der Waals surface area contributed by atoms with E-state index in [2.05, 4.69) is 0 Å². The summed E-state index contributed by atoms with van der Waals surface area (Å²) in [6, 6.07) is 0. The highest BCUT2D eigenvalue weighted by atomic mass is 16.7. The molecule has 0 bridgehead atoms. The molecule has 0 aromatic heterocycles. The molecule has 0 spiro atoms. The maximum atomic E-state index is 12.6. The van der Waals surface area contributed by atoms with Gasteiger partial charge in [-0.2, -0.15) is 0 Å². The lowest BCUT2D eigenvalue weighted by Gasteiger charge is -2.67. The van der Waals surface area contributed by atoms with Crippen molar-refractivity contribution in [3.05, 3.63) is 11.6 Å². The summed E-state index contributed by atoms with van der Waals surface area (Å²) in [7, 11) is 2.99. The molecule has 2 aliphatic heterocycles. The predicted octanol–water partition coefficient (Wildman–Crippen LogP) is 0.728. The number of hydrogen-bond acceptors (Lipinski definition) is 13. The number of ketones is 1. The Bertz CT molecular complexity index is 1250. The van der Waals surface area contributed by atoms with Crippen molar-refractivity contribution in [1.82, 2.24) is 0 Å². The lowest BCUT2D eigenvalue weighted by atomic mass is 9.42. The van der Waals surface area contributed by atoms with E-state index >= 15 is 0 Å². The van der Waals surface area contributed by atoms with Crippen LogP contribution in [0.5, 0.6) is 0 Å². The molecule has 4 aliphatic carbocycles. The summed E-state index contributed by atoms with van der Waals surface area (Å²) in [5, 5.41) is 69.1. The molecular weight excluding hydrogens is 628 g/mol. The van der Waals surface area contributed by atoms with E-state index < -0.39 is 101 Å². The smallest absolute Gasteiger partial charge is 0.187 e. The number of aliphatic hydroxyl groups is 6. The van der Waals surface area contributed by atoms with Gasteiger partial charge in [0.25, 0.3) is 0 Å². The molecule has 5 fully saturated rings. The number of ether oxygens (including phenoxy) is 6. The number of rotatable bonds is 7. The first kappa shape index (κ1) is 36.7. The number of carbonyl (C=O) groups excluding carboxylic acids is 1. The highest BCUT2D eigenvalue weighted by Crippen LogP contribution is 2.69. The molecule has 6 N–H and O–H groups in total. The number of fused-ring (bicyclic) bond motifs is 5. The van der Waals surface area contributed by atoms with Crippen molar-refractivity contribution in [2.45, 2.75) is 164 Å². The third-order valence-corrected chi connectivity index (χ3v) is 13.5. The van der Waals surface area contributed by atoms with Gasteiger partial charge in [0.05, 0.1) is 36.6 Å². The van der Waals surface area contributed by atoms with Crippen LogP contribution in [-0.4, -0.2) is 135 Å². The molecule has 6 rings (SSSR count). The molecule has 3 saturated carbocycles. The molecule has 13 heteroatoms. The molecule has 13 nitrogen and oxygen atoms in total. The van der Waals surface area contributed by atoms with Gasteiger partial charge in [0.15, 0.2) is 12.6 Å². The fraction of sp³-hybridized carbons (Fsp3) is 0.914. The van der Waals surface area contributed by atoms with E-state index in [1.807, 2.05) is 19.9 Å². The molecule has 2 unspecified atom stereocenters. The molecule has 2 heterocycles. The first-order chi connectivity index (χ1) is 22.5. The molecule has 6 aliphatic rings. The van der Waals surface area contributed by atoms with E-state index in [4.69, 9.17) is 28.4 Å². The Balaban J connectivity index is 1.15. The van der Waals surface area contributed by atoms with Gasteiger partial charge in [-0.25, -0.2) is 0 Å². The van der Waals surface area contributed by atoms with Crippen LogP contribution in [0, 0.1) is 22.7 Å². The van der Waals surface area contributed by atoms with E-state index in [0.29, 0.717) is 32.1 Å². The third-order valence-electron chi connectivity index (χ3n) is 13.5. The Labute approximate surface area is 282 Å². The van der Waals surface area contributed by atoms with Gasteiger partial charge < -0.3 is 59.1 Å². The topological polar surface area (TPSA) is 194 Å². The summed E-state index contributed by atoms with van der Waals surface area (Å²) in [5.74, 6) is -1.68. The summed E-state index contributed by atoms with van der Waals surface area (Å²) in [5.41, 5.74) is -4.59. The van der Waals surface area contributed by atoms with Crippen LogP contribution in [-0.2, 0) is 33.2 Å². The first-order valence-corrected chi connectivity index (χ1v) is 17.5. The van der Waals surface area contributed by atoms with E-state index in [-0.39, 0.29) is 24.7 Å². The van der Waals surface area contributed by atoms with Crippen LogP contribution in [0.1, 0.15) is 79.6 Å². The lowest BCUT2D eigenvalue weighted by Crippen LogP contribution is -2.79. The van der Waals surface area contributed by atoms with Gasteiger partial charge in [-0.1, -0.05) is 25.5 Å². The summed E-state index contributed by atoms with van der Waals surface area (Å²) in [6.45, 7) is 8.59. The van der Waals surface area contributed by atoms with Crippen LogP contribution in [0.3, 0.4) is 0 Å². The van der Waals surface area contributed by atoms with Crippen LogP contribution in [0.15, 0.2) is 11.6 Å². The van der Waals surface area contributed by atoms with Crippen molar-refractivity contribution in [2.24, 2.45) is 22.7 Å². The van der Waals surface area contributed by atoms with Crippen LogP contribution in [0.25, 0.3) is 0 Å². The van der Waals surface area contributed by atoms with Crippen LogP contribution in [0.2, 0.25) is 0 Å². The number of aliphatic hydroxyl groups excluding tert-OH is 4. The predicted molar refractivity (Wildman–Crippen MR) is 168 cm³/mol. The van der Waals surface area contributed by atoms with Crippen molar-refractivity contribution in [3.8, 4) is 0 Å². The second kappa shape index (κ2) is 12.9. The van der Waals surface area contributed by atoms with Gasteiger partial charge in [0.1, 0.15) is 41.4 Å². The number of Topliss-reactive ketones (excluding diaryl/α,β-unsaturated/α-hetero) is 1. The third kappa shape index (κ3) is 5.22. The molecule has 0 aromatic carbocycles. The molecule has 2 saturated heterocycles. The second-order valence-electron chi connectivity index (χ2n) is 15.8. The van der Waals surface area contributed by atoms with Gasteiger partial charge in [0.2, 0.25) is 0 Å². The quantitative estimate of drug-likeness (QED) is 0.206. The molecular formula is C35H56O13. The van der Waals surface area contributed by atoms with Gasteiger partial charge >= 0.3 is 0 Å². The molecule has 0 amide bonds. The van der Waals surface area contributed by atoms with Crippen molar-refractivity contribution in [1.29, 1.82) is 0 Å². The zero-order valence-electron chi connectivity index (χ0n) is 29.2. The fourth-order valence-electron chi connectivity index (χ4n) is 10.8. The summed E-state index contributed by atoms with van der Waals surface area (Å²) < 4.78 is 35.9. The fourth-order valence-corrected chi connectivity index (χ4v) is 10.8. The summed E-state index contributed by atoms with van der Waals surface area (Å²) >= 11 is 0. The molecule has 0 radical (unpaired) electrons. The van der Waals surface area contributed by atoms with Crippen LogP contribution < -0.4 is 0 Å². The van der Waals surface area contributed by atoms with Gasteiger partial charge in [-0.05, 0) is 64.7 Å². The zero-order chi connectivity index (χ0) is 35.1. The van der Waals surface area contributed by atoms with E-state index in [9.17, 15) is 35.4 Å². The summed E-state index contributed by atoms with van der Waals surface area (Å²) in [6.07, 6.45) is -5.37. The van der Waals surface area contributed by atoms with E-state index in [1.54, 1.807) is 21.0 Å². The van der Waals surface area contributed by atoms with Gasteiger partial charge in [0, 0.05) is 37.9 Å². The van der Waals surface area contributed by atoms with Crippen molar-refractivity contribution >= 4 is 5.78 Å². The van der Waals surface area contributed by atoms with Crippen molar-refractivity contribution in [3.63, 3.8) is 0 Å². The molecule has 274 valence electrons. The summed E-state index contributed by atoms with van der Waals surface area (Å²) in [4.78, 5) is 12.6. The number of carbonyl (C=O) groups is 1. The van der Waals surface area contributed by atoms with Crippen LogP contribution >= 0.6 is 0 Å². The highest BCUT2D eigenvalue weighted by Gasteiger charge is 2.78. The average Bonchev–Trinajstić information content (AvgIpc) is 3.33. The van der Waals surface area contributed by atoms with E-state index in [1.165, 1.54) is 14.0 Å². The number of hydrogen-bond donors (Lipinski definition) is 6. The molecule has 48 heavy (non-hydrogen) atoms. The molecule has 0 aromatic rings. The monoisotopic (exact) mass is 684 g/mol. The Morgan fingerprint density at radius 1 is 0.896 bits per heavy atom. The van der Waals surface area contributed by atoms with Crippen LogP contribution in [0.4, 0.5) is 0 Å². The minimum absolute atomic E-state index is 0.0895. The maximum Gasteiger partial charge on any atom is 0.187 e. The van der Waals surface area contributed by atoms with E-state index in [0.717, 1.165) is 5.57 Å². The van der Waals surface area contributed by atoms with Gasteiger partial charge in [-0.3, -0.25) is 4.79 Å². The minimum Gasteiger partial charge on any atom is -0.390 e. The van der Waals surface area contributed by atoms with Gasteiger partial charge in [-0.15, -0.1) is 0 Å². The number of methoxy groups -OCH3 is 2. The Hall–Kier alpha value is -1.07. The van der Waals surface area contributed by atoms with Crippen molar-refractivity contribution < 1.29 is 63.9 Å². The van der Waals surface area contributed by atoms with Crippen molar-refractivity contribution in [2.75, 3.05) is 14.2 Å². The normalized spacial score (nSPS) is 55.3.